The van der Waals surface area contributed by atoms with Gasteiger partial charge in [-0.1, -0.05) is 29.3 Å². The quantitative estimate of drug-likeness (QED) is 0.202. The Morgan fingerprint density at radius 1 is 1.04 bits per heavy atom. The highest BCUT2D eigenvalue weighted by molar-refractivity contribution is 6.32. The Hall–Kier alpha value is -4.33. The van der Waals surface area contributed by atoms with E-state index in [4.69, 9.17) is 42.8 Å². The fraction of sp³-hybridized carbons (Fsp3) is 0.233. The molecule has 0 spiro atoms. The van der Waals surface area contributed by atoms with Crippen molar-refractivity contribution in [3.8, 4) is 22.7 Å². The maximum atomic E-state index is 13.9. The van der Waals surface area contributed by atoms with Crippen LogP contribution in [-0.4, -0.2) is 69.9 Å². The van der Waals surface area contributed by atoms with Gasteiger partial charge in [0.15, 0.2) is 0 Å². The number of carbonyl (C=O) groups is 1. The lowest BCUT2D eigenvalue weighted by atomic mass is 10.1. The molecule has 45 heavy (non-hydrogen) atoms. The number of nitrogens with zero attached hydrogens (tertiary/aromatic N) is 5. The molecule has 6 rings (SSSR count). The number of aromatic nitrogens is 4. The Morgan fingerprint density at radius 2 is 1.73 bits per heavy atom. The average molecular weight is 665 g/mol. The van der Waals surface area contributed by atoms with Crippen LogP contribution in [0, 0.1) is 5.82 Å². The number of carboxylic acids is 1. The van der Waals surface area contributed by atoms with Crippen LogP contribution in [0.5, 0.6) is 5.75 Å². The van der Waals surface area contributed by atoms with Gasteiger partial charge in [-0.3, -0.25) is 0 Å². The Balaban J connectivity index is 0.000000515. The van der Waals surface area contributed by atoms with Crippen LogP contribution >= 0.6 is 23.2 Å². The molecule has 1 fully saturated rings. The molecular weight excluding hydrogens is 639 g/mol. The molecule has 2 aromatic heterocycles. The zero-order chi connectivity index (χ0) is 32.3. The largest absolute Gasteiger partial charge is 0.497 e. The van der Waals surface area contributed by atoms with Crippen molar-refractivity contribution in [3.63, 3.8) is 0 Å². The fourth-order valence-corrected chi connectivity index (χ4v) is 5.31. The first-order chi connectivity index (χ1) is 21.5. The van der Waals surface area contributed by atoms with Crippen LogP contribution < -0.4 is 15.0 Å². The minimum Gasteiger partial charge on any atom is -0.497 e. The predicted molar refractivity (Wildman–Crippen MR) is 163 cm³/mol. The van der Waals surface area contributed by atoms with Gasteiger partial charge in [-0.25, -0.2) is 18.9 Å². The first-order valence-corrected chi connectivity index (χ1v) is 14.3. The van der Waals surface area contributed by atoms with Crippen LogP contribution in [0.4, 0.5) is 23.5 Å². The summed E-state index contributed by atoms with van der Waals surface area (Å²) >= 11 is 12.8. The van der Waals surface area contributed by atoms with Gasteiger partial charge < -0.3 is 24.6 Å². The van der Waals surface area contributed by atoms with E-state index in [-0.39, 0.29) is 5.02 Å². The second-order valence-corrected chi connectivity index (χ2v) is 10.8. The van der Waals surface area contributed by atoms with E-state index < -0.39 is 18.0 Å². The molecule has 9 nitrogen and oxygen atoms in total. The van der Waals surface area contributed by atoms with Crippen LogP contribution in [0.1, 0.15) is 5.56 Å². The van der Waals surface area contributed by atoms with Crippen molar-refractivity contribution < 1.29 is 32.2 Å². The third-order valence-corrected chi connectivity index (χ3v) is 7.51. The third-order valence-electron chi connectivity index (χ3n) is 7.00. The monoisotopic (exact) mass is 664 g/mol. The number of piperazine rings is 1. The molecule has 0 amide bonds. The number of aliphatic carboxylic acids is 1. The number of imidazole rings is 1. The first-order valence-electron chi connectivity index (χ1n) is 13.5. The summed E-state index contributed by atoms with van der Waals surface area (Å²) in [6.07, 6.45) is -3.32. The number of anilines is 1. The van der Waals surface area contributed by atoms with Gasteiger partial charge >= 0.3 is 12.1 Å². The molecule has 0 saturated carbocycles. The summed E-state index contributed by atoms with van der Waals surface area (Å²) in [5.41, 5.74) is 5.19. The van der Waals surface area contributed by atoms with Crippen LogP contribution in [0.3, 0.4) is 0 Å². The molecule has 3 aromatic carbocycles. The van der Waals surface area contributed by atoms with E-state index in [1.807, 2.05) is 47.1 Å². The summed E-state index contributed by atoms with van der Waals surface area (Å²) in [7, 11) is 1.64. The number of ether oxygens (including phenoxy) is 1. The topological polar surface area (TPSA) is 97.4 Å². The van der Waals surface area contributed by atoms with Gasteiger partial charge in [0, 0.05) is 36.8 Å². The van der Waals surface area contributed by atoms with E-state index in [0.29, 0.717) is 11.6 Å². The van der Waals surface area contributed by atoms with Gasteiger partial charge in [0.05, 0.1) is 41.8 Å². The second kappa shape index (κ2) is 13.3. The number of carboxylic acid groups (broad SMARTS) is 1. The lowest BCUT2D eigenvalue weighted by molar-refractivity contribution is -0.192. The van der Waals surface area contributed by atoms with Crippen LogP contribution in [0.2, 0.25) is 10.0 Å². The molecule has 236 valence electrons. The molecule has 15 heteroatoms. The Kier molecular flexibility index (Phi) is 9.51. The number of alkyl halides is 3. The van der Waals surface area contributed by atoms with Gasteiger partial charge in [0.1, 0.15) is 17.1 Å². The molecule has 2 N–H and O–H groups in total. The highest BCUT2D eigenvalue weighted by Crippen LogP contribution is 2.36. The molecule has 5 aromatic rings. The van der Waals surface area contributed by atoms with Crippen LogP contribution in [-0.2, 0) is 11.3 Å². The van der Waals surface area contributed by atoms with E-state index in [2.05, 4.69) is 19.9 Å². The molecule has 0 aliphatic carbocycles. The summed E-state index contributed by atoms with van der Waals surface area (Å²) in [6.45, 7) is 3.83. The van der Waals surface area contributed by atoms with Gasteiger partial charge in [-0.05, 0) is 60.2 Å². The lowest BCUT2D eigenvalue weighted by Crippen LogP contribution is -2.44. The number of hydrogen-bond acceptors (Lipinski definition) is 6. The van der Waals surface area contributed by atoms with E-state index in [0.717, 1.165) is 71.4 Å². The van der Waals surface area contributed by atoms with Crippen molar-refractivity contribution in [3.05, 3.63) is 88.3 Å². The molecule has 3 heterocycles. The summed E-state index contributed by atoms with van der Waals surface area (Å²) in [5, 5.41) is 15.8. The Bertz CT molecular complexity index is 1820. The number of rotatable bonds is 6. The van der Waals surface area contributed by atoms with Gasteiger partial charge in [-0.15, -0.1) is 0 Å². The molecule has 0 atom stereocenters. The number of nitrogens with one attached hydrogen (secondary N) is 1. The molecule has 1 aliphatic heterocycles. The zero-order valence-electron chi connectivity index (χ0n) is 23.7. The summed E-state index contributed by atoms with van der Waals surface area (Å²) in [4.78, 5) is 16.3. The number of hydrogen-bond donors (Lipinski definition) is 2. The SMILES string of the molecule is COc1ccc(-n2nccc2-c2cc(Cl)cc3c2nc(N2CCNCC2)n3Cc2ccc(F)c(Cl)c2)cc1.O=C(O)C(F)(F)F. The fourth-order valence-electron chi connectivity index (χ4n) is 4.89. The number of methoxy groups -OCH3 is 1. The van der Waals surface area contributed by atoms with Gasteiger partial charge in [0.25, 0.3) is 0 Å². The van der Waals surface area contributed by atoms with E-state index >= 15 is 0 Å². The number of halogens is 6. The summed E-state index contributed by atoms with van der Waals surface area (Å²) in [6, 6.07) is 18.3. The Labute approximate surface area is 264 Å². The van der Waals surface area contributed by atoms with E-state index in [9.17, 15) is 17.6 Å². The molecular formula is C30H26Cl2F4N6O3. The predicted octanol–water partition coefficient (Wildman–Crippen LogP) is 6.43. The molecule has 0 bridgehead atoms. The van der Waals surface area contributed by atoms with Crippen molar-refractivity contribution in [2.24, 2.45) is 0 Å². The average Bonchev–Trinajstić information content (AvgIpc) is 3.64. The second-order valence-electron chi connectivity index (χ2n) is 9.93. The van der Waals surface area contributed by atoms with Crippen molar-refractivity contribution in [2.45, 2.75) is 12.7 Å². The zero-order valence-corrected chi connectivity index (χ0v) is 25.2. The standard InChI is InChI=1S/C28H25Cl2FN6O.C2HF3O2/c1-38-21-5-3-20(4-6-21)37-25(8-9-33-37)22-15-19(29)16-26-27(22)34-28(35-12-10-32-11-13-35)36(26)17-18-2-7-24(31)23(30)14-18;3-2(4,5)1(6)7/h2-9,14-16,32H,10-13,17H2,1H3;(H,6,7). The maximum absolute atomic E-state index is 13.9. The summed E-state index contributed by atoms with van der Waals surface area (Å²) < 4.78 is 54.9. The van der Waals surface area contributed by atoms with Crippen molar-refractivity contribution in [2.75, 3.05) is 38.2 Å². The number of fused-ring (bicyclic) bond motifs is 1. The highest BCUT2D eigenvalue weighted by Gasteiger charge is 2.38. The maximum Gasteiger partial charge on any atom is 0.490 e. The summed E-state index contributed by atoms with van der Waals surface area (Å²) in [5.74, 6) is -1.59. The smallest absolute Gasteiger partial charge is 0.490 e. The minimum absolute atomic E-state index is 0.0951. The lowest BCUT2D eigenvalue weighted by Gasteiger charge is -2.29. The molecule has 1 saturated heterocycles. The molecule has 0 radical (unpaired) electrons. The van der Waals surface area contributed by atoms with Gasteiger partial charge in [-0.2, -0.15) is 18.3 Å². The van der Waals surface area contributed by atoms with Crippen molar-refractivity contribution in [1.29, 1.82) is 0 Å². The minimum atomic E-state index is -5.08. The molecule has 0 unspecified atom stereocenters. The van der Waals surface area contributed by atoms with Crippen molar-refractivity contribution in [1.82, 2.24) is 24.6 Å². The van der Waals surface area contributed by atoms with Crippen LogP contribution in [0.25, 0.3) is 28.0 Å². The van der Waals surface area contributed by atoms with E-state index in [1.54, 1.807) is 25.4 Å². The van der Waals surface area contributed by atoms with Crippen molar-refractivity contribution >= 4 is 46.2 Å². The third kappa shape index (κ3) is 7.16. The van der Waals surface area contributed by atoms with Gasteiger partial charge in [0.2, 0.25) is 5.95 Å². The van der Waals surface area contributed by atoms with Crippen LogP contribution in [0.15, 0.2) is 66.9 Å². The Morgan fingerprint density at radius 3 is 2.36 bits per heavy atom. The number of benzene rings is 3. The van der Waals surface area contributed by atoms with E-state index in [1.165, 1.54) is 6.07 Å². The first kappa shape index (κ1) is 32.1. The molecule has 1 aliphatic rings. The normalized spacial score (nSPS) is 13.4. The highest BCUT2D eigenvalue weighted by atomic mass is 35.5.